The highest BCUT2D eigenvalue weighted by Gasteiger charge is 2.20. The summed E-state index contributed by atoms with van der Waals surface area (Å²) in [6.07, 6.45) is 6.05. The van der Waals surface area contributed by atoms with E-state index in [1.807, 2.05) is 31.2 Å². The van der Waals surface area contributed by atoms with Crippen molar-refractivity contribution in [3.8, 4) is 0 Å². The molecule has 1 fully saturated rings. The maximum absolute atomic E-state index is 12.1. The number of nitrogen functional groups attached to an aromatic ring is 1. The Bertz CT molecular complexity index is 413. The van der Waals surface area contributed by atoms with Gasteiger partial charge in [0.05, 0.1) is 5.25 Å². The lowest BCUT2D eigenvalue weighted by Gasteiger charge is -2.24. The molecule has 1 aromatic carbocycles. The molecule has 0 spiro atoms. The van der Waals surface area contributed by atoms with Gasteiger partial charge in [-0.2, -0.15) is 0 Å². The number of rotatable bonds is 4. The maximum Gasteiger partial charge on any atom is 0.233 e. The minimum Gasteiger partial charge on any atom is -0.399 e. The molecule has 0 radical (unpaired) electrons. The van der Waals surface area contributed by atoms with Crippen molar-refractivity contribution in [3.63, 3.8) is 0 Å². The molecule has 1 saturated carbocycles. The van der Waals surface area contributed by atoms with E-state index in [1.54, 1.807) is 11.8 Å². The summed E-state index contributed by atoms with van der Waals surface area (Å²) < 4.78 is 0. The smallest absolute Gasteiger partial charge is 0.233 e. The van der Waals surface area contributed by atoms with Crippen molar-refractivity contribution < 1.29 is 4.79 Å². The normalized spacial score (nSPS) is 17.9. The SMILES string of the molecule is CC(Sc1ccc(N)cc1)C(=O)NC1CCCCC1. The Morgan fingerprint density at radius 1 is 1.26 bits per heavy atom. The summed E-state index contributed by atoms with van der Waals surface area (Å²) >= 11 is 1.58. The predicted octanol–water partition coefficient (Wildman–Crippen LogP) is 3.20. The number of thioether (sulfide) groups is 1. The minimum absolute atomic E-state index is 0.0643. The molecule has 0 bridgehead atoms. The third-order valence-electron chi connectivity index (χ3n) is 3.51. The Morgan fingerprint density at radius 3 is 2.53 bits per heavy atom. The van der Waals surface area contributed by atoms with Crippen molar-refractivity contribution in [1.82, 2.24) is 5.32 Å². The largest absolute Gasteiger partial charge is 0.399 e. The average Bonchev–Trinajstić information content (AvgIpc) is 2.42. The van der Waals surface area contributed by atoms with Crippen molar-refractivity contribution in [1.29, 1.82) is 0 Å². The first-order chi connectivity index (χ1) is 9.15. The molecule has 1 aliphatic rings. The second-order valence-corrected chi connectivity index (χ2v) is 6.59. The summed E-state index contributed by atoms with van der Waals surface area (Å²) in [5.74, 6) is 0.147. The Hall–Kier alpha value is -1.16. The summed E-state index contributed by atoms with van der Waals surface area (Å²) in [6.45, 7) is 1.96. The molecule has 3 nitrogen and oxygen atoms in total. The van der Waals surface area contributed by atoms with Gasteiger partial charge in [0.1, 0.15) is 0 Å². The van der Waals surface area contributed by atoms with Gasteiger partial charge in [-0.15, -0.1) is 11.8 Å². The van der Waals surface area contributed by atoms with E-state index in [0.717, 1.165) is 23.4 Å². The number of carbonyl (C=O) groups excluding carboxylic acids is 1. The molecule has 2 rings (SSSR count). The summed E-state index contributed by atoms with van der Waals surface area (Å²) in [6, 6.07) is 8.05. The van der Waals surface area contributed by atoms with Crippen LogP contribution < -0.4 is 11.1 Å². The van der Waals surface area contributed by atoms with Gasteiger partial charge in [-0.3, -0.25) is 4.79 Å². The van der Waals surface area contributed by atoms with Crippen LogP contribution in [-0.4, -0.2) is 17.2 Å². The highest BCUT2D eigenvalue weighted by molar-refractivity contribution is 8.00. The molecule has 4 heteroatoms. The number of hydrogen-bond acceptors (Lipinski definition) is 3. The first-order valence-electron chi connectivity index (χ1n) is 6.98. The Labute approximate surface area is 119 Å². The van der Waals surface area contributed by atoms with Crippen LogP contribution in [0.15, 0.2) is 29.2 Å². The van der Waals surface area contributed by atoms with E-state index < -0.39 is 0 Å². The van der Waals surface area contributed by atoms with E-state index in [4.69, 9.17) is 5.73 Å². The topological polar surface area (TPSA) is 55.1 Å². The van der Waals surface area contributed by atoms with Gasteiger partial charge in [-0.05, 0) is 44.0 Å². The lowest BCUT2D eigenvalue weighted by atomic mass is 9.95. The standard InChI is InChI=1S/C15H22N2OS/c1-11(19-14-9-7-12(16)8-10-14)15(18)17-13-5-3-2-4-6-13/h7-11,13H,2-6,16H2,1H3,(H,17,18). The zero-order valence-electron chi connectivity index (χ0n) is 11.4. The highest BCUT2D eigenvalue weighted by atomic mass is 32.2. The maximum atomic E-state index is 12.1. The van der Waals surface area contributed by atoms with Gasteiger partial charge in [-0.25, -0.2) is 0 Å². The Kier molecular flexibility index (Phi) is 5.14. The van der Waals surface area contributed by atoms with Crippen LogP contribution in [0.2, 0.25) is 0 Å². The molecule has 0 saturated heterocycles. The van der Waals surface area contributed by atoms with Gasteiger partial charge in [0.25, 0.3) is 0 Å². The first kappa shape index (κ1) is 14.3. The number of amides is 1. The van der Waals surface area contributed by atoms with Gasteiger partial charge in [-0.1, -0.05) is 19.3 Å². The highest BCUT2D eigenvalue weighted by Crippen LogP contribution is 2.25. The molecule has 0 aliphatic heterocycles. The third kappa shape index (κ3) is 4.46. The molecular formula is C15H22N2OS. The van der Waals surface area contributed by atoms with Crippen LogP contribution in [0.1, 0.15) is 39.0 Å². The van der Waals surface area contributed by atoms with Crippen LogP contribution in [0.25, 0.3) is 0 Å². The van der Waals surface area contributed by atoms with Crippen molar-refractivity contribution in [2.24, 2.45) is 0 Å². The average molecular weight is 278 g/mol. The number of anilines is 1. The molecule has 0 aromatic heterocycles. The second-order valence-electron chi connectivity index (χ2n) is 5.17. The number of nitrogens with one attached hydrogen (secondary N) is 1. The zero-order valence-corrected chi connectivity index (χ0v) is 12.2. The van der Waals surface area contributed by atoms with Gasteiger partial charge in [0.15, 0.2) is 0 Å². The molecule has 1 aromatic rings. The lowest BCUT2D eigenvalue weighted by molar-refractivity contribution is -0.121. The van der Waals surface area contributed by atoms with E-state index >= 15 is 0 Å². The summed E-state index contributed by atoms with van der Waals surface area (Å²) in [5, 5.41) is 3.10. The van der Waals surface area contributed by atoms with Crippen molar-refractivity contribution in [3.05, 3.63) is 24.3 Å². The van der Waals surface area contributed by atoms with Crippen LogP contribution >= 0.6 is 11.8 Å². The molecule has 104 valence electrons. The summed E-state index contributed by atoms with van der Waals surface area (Å²) in [5.41, 5.74) is 6.41. The summed E-state index contributed by atoms with van der Waals surface area (Å²) in [4.78, 5) is 13.2. The molecule has 1 atom stereocenters. The monoisotopic (exact) mass is 278 g/mol. The third-order valence-corrected chi connectivity index (χ3v) is 4.63. The van der Waals surface area contributed by atoms with E-state index in [-0.39, 0.29) is 11.2 Å². The predicted molar refractivity (Wildman–Crippen MR) is 81.2 cm³/mol. The van der Waals surface area contributed by atoms with Crippen molar-refractivity contribution >= 4 is 23.4 Å². The molecular weight excluding hydrogens is 256 g/mol. The number of carbonyl (C=O) groups is 1. The van der Waals surface area contributed by atoms with Crippen LogP contribution in [0.5, 0.6) is 0 Å². The van der Waals surface area contributed by atoms with Crippen molar-refractivity contribution in [2.75, 3.05) is 5.73 Å². The second kappa shape index (κ2) is 6.85. The van der Waals surface area contributed by atoms with Crippen LogP contribution in [0, 0.1) is 0 Å². The van der Waals surface area contributed by atoms with E-state index in [0.29, 0.717) is 6.04 Å². The summed E-state index contributed by atoms with van der Waals surface area (Å²) in [7, 11) is 0. The van der Waals surface area contributed by atoms with Crippen LogP contribution in [0.4, 0.5) is 5.69 Å². The zero-order chi connectivity index (χ0) is 13.7. The van der Waals surface area contributed by atoms with E-state index in [1.165, 1.54) is 19.3 Å². The molecule has 1 aliphatic carbocycles. The van der Waals surface area contributed by atoms with Crippen LogP contribution in [0.3, 0.4) is 0 Å². The fourth-order valence-electron chi connectivity index (χ4n) is 2.37. The minimum atomic E-state index is -0.0643. The quantitative estimate of drug-likeness (QED) is 0.657. The molecule has 1 amide bonds. The van der Waals surface area contributed by atoms with Gasteiger partial charge < -0.3 is 11.1 Å². The van der Waals surface area contributed by atoms with Crippen molar-refractivity contribution in [2.45, 2.75) is 55.2 Å². The Morgan fingerprint density at radius 2 is 1.89 bits per heavy atom. The fraction of sp³-hybridized carbons (Fsp3) is 0.533. The number of benzene rings is 1. The first-order valence-corrected chi connectivity index (χ1v) is 7.85. The fourth-order valence-corrected chi connectivity index (χ4v) is 3.25. The van der Waals surface area contributed by atoms with Gasteiger partial charge >= 0.3 is 0 Å². The lowest BCUT2D eigenvalue weighted by Crippen LogP contribution is -2.40. The van der Waals surface area contributed by atoms with E-state index in [9.17, 15) is 4.79 Å². The molecule has 19 heavy (non-hydrogen) atoms. The number of hydrogen-bond donors (Lipinski definition) is 2. The van der Waals surface area contributed by atoms with Gasteiger partial charge in [0, 0.05) is 16.6 Å². The molecule has 3 N–H and O–H groups in total. The van der Waals surface area contributed by atoms with E-state index in [2.05, 4.69) is 5.32 Å². The van der Waals surface area contributed by atoms with Crippen LogP contribution in [-0.2, 0) is 4.79 Å². The van der Waals surface area contributed by atoms with Gasteiger partial charge in [0.2, 0.25) is 5.91 Å². The molecule has 1 unspecified atom stereocenters. The Balaban J connectivity index is 1.83. The number of nitrogens with two attached hydrogens (primary N) is 1. The molecule has 0 heterocycles.